The quantitative estimate of drug-likeness (QED) is 0.610. The van der Waals surface area contributed by atoms with Gasteiger partial charge in [0.25, 0.3) is 4.06 Å². The second kappa shape index (κ2) is 6.21. The van der Waals surface area contributed by atoms with Crippen LogP contribution in [0.2, 0.25) is 0 Å². The molecule has 0 bridgehead atoms. The summed E-state index contributed by atoms with van der Waals surface area (Å²) in [4.78, 5) is 11.1. The van der Waals surface area contributed by atoms with Crippen LogP contribution in [0.5, 0.6) is 0 Å². The van der Waals surface area contributed by atoms with Gasteiger partial charge in [0, 0.05) is 0 Å². The molecule has 1 aromatic heterocycles. The molecule has 0 aliphatic rings. The number of hydrogen-bond acceptors (Lipinski definition) is 5. The van der Waals surface area contributed by atoms with Gasteiger partial charge in [0.2, 0.25) is 0 Å². The maximum absolute atomic E-state index is 11.1. The van der Waals surface area contributed by atoms with Gasteiger partial charge in [-0.1, -0.05) is 34.5 Å². The highest BCUT2D eigenvalue weighted by Crippen LogP contribution is 2.35. The van der Waals surface area contributed by atoms with Crippen LogP contribution in [0, 0.1) is 24.7 Å². The molecular weight excluding hydrogens is 252 g/mol. The molecule has 0 radical (unpaired) electrons. The minimum atomic E-state index is 0.101. The van der Waals surface area contributed by atoms with E-state index in [1.54, 1.807) is 0 Å². The molecule has 0 saturated heterocycles. The predicted molar refractivity (Wildman–Crippen MR) is 67.6 cm³/mol. The largest absolute Gasteiger partial charge is 0.289 e. The van der Waals surface area contributed by atoms with Gasteiger partial charge in [-0.15, -0.1) is 36.4 Å². The van der Waals surface area contributed by atoms with Gasteiger partial charge in [0.15, 0.2) is 0 Å². The number of thioether (sulfide) groups is 2. The normalized spacial score (nSPS) is 9.29. The first-order chi connectivity index (χ1) is 6.77. The Kier molecular flexibility index (Phi) is 5.21. The second-order valence-electron chi connectivity index (χ2n) is 2.01. The van der Waals surface area contributed by atoms with Crippen molar-refractivity contribution in [3.63, 3.8) is 0 Å². The average Bonchev–Trinajstić information content (AvgIpc) is 2.52. The number of rotatable bonds is 4. The van der Waals surface area contributed by atoms with Crippen molar-refractivity contribution in [2.75, 3.05) is 11.5 Å². The Labute approximate surface area is 99.3 Å². The van der Waals surface area contributed by atoms with Crippen molar-refractivity contribution in [2.45, 2.75) is 8.42 Å². The topological polar surface area (TPSA) is 17.1 Å². The summed E-state index contributed by atoms with van der Waals surface area (Å²) in [5, 5.41) is 0. The molecule has 0 N–H and O–H groups in total. The van der Waals surface area contributed by atoms with Crippen molar-refractivity contribution >= 4 is 46.2 Å². The van der Waals surface area contributed by atoms with Gasteiger partial charge in [0.1, 0.15) is 0 Å². The fourth-order valence-corrected chi connectivity index (χ4v) is 5.25. The fourth-order valence-electron chi connectivity index (χ4n) is 0.647. The van der Waals surface area contributed by atoms with Crippen LogP contribution in [-0.4, -0.2) is 11.5 Å². The molecule has 0 fully saturated rings. The lowest BCUT2D eigenvalue weighted by Crippen LogP contribution is -1.74. The summed E-state index contributed by atoms with van der Waals surface area (Å²) in [7, 11) is 0. The SMILES string of the molecule is C#CCSc1sc(=O)sc1SCC#C. The third kappa shape index (κ3) is 3.43. The van der Waals surface area contributed by atoms with E-state index in [1.165, 1.54) is 46.2 Å². The van der Waals surface area contributed by atoms with E-state index >= 15 is 0 Å². The molecular formula is C9H6OS4. The van der Waals surface area contributed by atoms with Gasteiger partial charge >= 0.3 is 0 Å². The van der Waals surface area contributed by atoms with E-state index in [4.69, 9.17) is 12.8 Å². The lowest BCUT2D eigenvalue weighted by atomic mass is 10.8. The molecule has 0 spiro atoms. The molecule has 0 aromatic carbocycles. The Morgan fingerprint density at radius 1 is 1.07 bits per heavy atom. The summed E-state index contributed by atoms with van der Waals surface area (Å²) < 4.78 is 2.10. The highest BCUT2D eigenvalue weighted by molar-refractivity contribution is 8.05. The monoisotopic (exact) mass is 258 g/mol. The first-order valence-electron chi connectivity index (χ1n) is 3.54. The van der Waals surface area contributed by atoms with Crippen molar-refractivity contribution in [3.05, 3.63) is 8.85 Å². The lowest BCUT2D eigenvalue weighted by Gasteiger charge is -1.95. The predicted octanol–water partition coefficient (Wildman–Crippen LogP) is 2.62. The molecule has 14 heavy (non-hydrogen) atoms. The summed E-state index contributed by atoms with van der Waals surface area (Å²) in [5.41, 5.74) is 0. The van der Waals surface area contributed by atoms with Crippen LogP contribution >= 0.6 is 46.2 Å². The molecule has 0 saturated carbocycles. The maximum atomic E-state index is 11.1. The number of terminal acetylenes is 2. The summed E-state index contributed by atoms with van der Waals surface area (Å²) in [6.07, 6.45) is 10.3. The Bertz CT molecular complexity index is 390. The van der Waals surface area contributed by atoms with E-state index in [2.05, 4.69) is 11.8 Å². The Hall–Kier alpha value is -0.330. The van der Waals surface area contributed by atoms with Gasteiger partial charge in [-0.25, -0.2) is 0 Å². The van der Waals surface area contributed by atoms with Crippen LogP contribution in [0.3, 0.4) is 0 Å². The molecule has 72 valence electrons. The lowest BCUT2D eigenvalue weighted by molar-refractivity contribution is 1.52. The molecule has 5 heteroatoms. The van der Waals surface area contributed by atoms with Crippen molar-refractivity contribution < 1.29 is 0 Å². The molecule has 1 aromatic rings. The first-order valence-corrected chi connectivity index (χ1v) is 7.14. The number of hydrogen-bond donors (Lipinski definition) is 0. The van der Waals surface area contributed by atoms with Gasteiger partial charge in [-0.05, 0) is 0 Å². The highest BCUT2D eigenvalue weighted by Gasteiger charge is 2.08. The van der Waals surface area contributed by atoms with Gasteiger partial charge in [0.05, 0.1) is 19.9 Å². The summed E-state index contributed by atoms with van der Waals surface area (Å²) >= 11 is 5.53. The van der Waals surface area contributed by atoms with Gasteiger partial charge in [-0.3, -0.25) is 4.79 Å². The minimum absolute atomic E-state index is 0.101. The molecule has 0 aliphatic heterocycles. The van der Waals surface area contributed by atoms with Crippen LogP contribution in [0.1, 0.15) is 0 Å². The van der Waals surface area contributed by atoms with Crippen LogP contribution in [0.4, 0.5) is 0 Å². The molecule has 1 nitrogen and oxygen atoms in total. The maximum Gasteiger partial charge on any atom is 0.289 e. The molecule has 1 heterocycles. The summed E-state index contributed by atoms with van der Waals surface area (Å²) in [6, 6.07) is 0. The zero-order valence-corrected chi connectivity index (χ0v) is 10.4. The van der Waals surface area contributed by atoms with Crippen LogP contribution < -0.4 is 4.06 Å². The fraction of sp³-hybridized carbons (Fsp3) is 0.222. The van der Waals surface area contributed by atoms with E-state index < -0.39 is 0 Å². The zero-order chi connectivity index (χ0) is 10.4. The standard InChI is InChI=1S/C9H6OS4/c1-3-5-11-7-8(12-6-4-2)14-9(10)13-7/h1-2H,5-6H2. The zero-order valence-electron chi connectivity index (χ0n) is 7.11. The molecule has 0 amide bonds. The first kappa shape index (κ1) is 11.7. The summed E-state index contributed by atoms with van der Waals surface area (Å²) in [5.74, 6) is 6.25. The van der Waals surface area contributed by atoms with Crippen molar-refractivity contribution in [2.24, 2.45) is 0 Å². The van der Waals surface area contributed by atoms with E-state index in [0.29, 0.717) is 11.5 Å². The van der Waals surface area contributed by atoms with Crippen LogP contribution in [0.25, 0.3) is 0 Å². The van der Waals surface area contributed by atoms with Gasteiger partial charge in [-0.2, -0.15) is 0 Å². The third-order valence-electron chi connectivity index (χ3n) is 1.09. The Morgan fingerprint density at radius 2 is 1.50 bits per heavy atom. The Balaban J connectivity index is 2.76. The summed E-state index contributed by atoms with van der Waals surface area (Å²) in [6.45, 7) is 0. The van der Waals surface area contributed by atoms with Crippen molar-refractivity contribution in [1.82, 2.24) is 0 Å². The van der Waals surface area contributed by atoms with E-state index in [9.17, 15) is 4.79 Å². The second-order valence-corrected chi connectivity index (χ2v) is 6.73. The van der Waals surface area contributed by atoms with E-state index in [1.807, 2.05) is 0 Å². The smallest absolute Gasteiger partial charge is 0.265 e. The van der Waals surface area contributed by atoms with Gasteiger partial charge < -0.3 is 0 Å². The molecule has 1 rings (SSSR count). The van der Waals surface area contributed by atoms with E-state index in [-0.39, 0.29) is 4.06 Å². The average molecular weight is 258 g/mol. The third-order valence-corrected chi connectivity index (χ3v) is 5.98. The Morgan fingerprint density at radius 3 is 1.86 bits per heavy atom. The molecule has 0 unspecified atom stereocenters. The molecule has 0 atom stereocenters. The minimum Gasteiger partial charge on any atom is -0.265 e. The van der Waals surface area contributed by atoms with E-state index in [0.717, 1.165) is 8.42 Å². The van der Waals surface area contributed by atoms with Crippen LogP contribution in [0.15, 0.2) is 13.2 Å². The van der Waals surface area contributed by atoms with Crippen molar-refractivity contribution in [3.8, 4) is 24.7 Å². The highest BCUT2D eigenvalue weighted by atomic mass is 32.2. The van der Waals surface area contributed by atoms with Crippen molar-refractivity contribution in [1.29, 1.82) is 0 Å². The van der Waals surface area contributed by atoms with Crippen LogP contribution in [-0.2, 0) is 0 Å². The molecule has 0 aliphatic carbocycles.